The molecule has 0 radical (unpaired) electrons. The molecule has 0 spiro atoms. The molecule has 3 heterocycles. The van der Waals surface area contributed by atoms with Crippen LogP contribution in [-0.4, -0.2) is 83.9 Å². The van der Waals surface area contributed by atoms with Gasteiger partial charge in [-0.2, -0.15) is 0 Å². The zero-order chi connectivity index (χ0) is 19.8. The van der Waals surface area contributed by atoms with Gasteiger partial charge < -0.3 is 15.1 Å². The number of nitrogens with zero attached hydrogens (tertiary/aromatic N) is 5. The molecule has 2 fully saturated rings. The fourth-order valence-corrected chi connectivity index (χ4v) is 4.48. The lowest BCUT2D eigenvalue weighted by Crippen LogP contribution is -2.54. The van der Waals surface area contributed by atoms with Gasteiger partial charge in [-0.05, 0) is 26.7 Å². The zero-order valence-electron chi connectivity index (χ0n) is 17.7. The Morgan fingerprint density at radius 2 is 1.79 bits per heavy atom. The Labute approximate surface area is 196 Å². The van der Waals surface area contributed by atoms with E-state index >= 15 is 0 Å². The van der Waals surface area contributed by atoms with E-state index in [-0.39, 0.29) is 24.0 Å². The third-order valence-corrected chi connectivity index (χ3v) is 6.26. The molecule has 0 bridgehead atoms. The number of carbonyl (C=O) groups excluding carboxylic acids is 1. The van der Waals surface area contributed by atoms with Gasteiger partial charge in [0, 0.05) is 56.9 Å². The maximum absolute atomic E-state index is 12.6. The van der Waals surface area contributed by atoms with Gasteiger partial charge in [-0.3, -0.25) is 9.69 Å². The van der Waals surface area contributed by atoms with Gasteiger partial charge >= 0.3 is 0 Å². The predicted molar refractivity (Wildman–Crippen MR) is 130 cm³/mol. The molecule has 164 valence electrons. The van der Waals surface area contributed by atoms with Crippen LogP contribution in [-0.2, 0) is 11.3 Å². The van der Waals surface area contributed by atoms with E-state index in [0.717, 1.165) is 69.6 Å². The highest BCUT2D eigenvalue weighted by Crippen LogP contribution is 2.13. The van der Waals surface area contributed by atoms with Gasteiger partial charge in [0.05, 0.1) is 13.1 Å². The minimum atomic E-state index is 0. The number of halogens is 1. The van der Waals surface area contributed by atoms with E-state index in [1.165, 1.54) is 17.7 Å². The zero-order valence-corrected chi connectivity index (χ0v) is 20.9. The Kier molecular flexibility index (Phi) is 10.6. The Morgan fingerprint density at radius 3 is 2.38 bits per heavy atom. The molecule has 0 unspecified atom stereocenters. The van der Waals surface area contributed by atoms with Crippen molar-refractivity contribution < 1.29 is 4.79 Å². The molecular weight excluding hydrogens is 499 g/mol. The number of likely N-dealkylation sites (tertiary alicyclic amines) is 1. The highest BCUT2D eigenvalue weighted by molar-refractivity contribution is 14.0. The summed E-state index contributed by atoms with van der Waals surface area (Å²) in [7, 11) is 0. The summed E-state index contributed by atoms with van der Waals surface area (Å²) in [6.45, 7) is 11.7. The van der Waals surface area contributed by atoms with Crippen molar-refractivity contribution in [1.29, 1.82) is 0 Å². The smallest absolute Gasteiger partial charge is 0.236 e. The van der Waals surface area contributed by atoms with Gasteiger partial charge in [-0.1, -0.05) is 12.8 Å². The monoisotopic (exact) mass is 534 g/mol. The minimum Gasteiger partial charge on any atom is -0.357 e. The number of thiazole rings is 1. The molecule has 0 aromatic carbocycles. The van der Waals surface area contributed by atoms with Gasteiger partial charge in [0.15, 0.2) is 5.96 Å². The normalized spacial score (nSPS) is 18.9. The fourth-order valence-electron chi connectivity index (χ4n) is 3.77. The van der Waals surface area contributed by atoms with Crippen LogP contribution in [0.1, 0.15) is 42.5 Å². The molecule has 0 aliphatic carbocycles. The Balaban J connectivity index is 0.00000300. The van der Waals surface area contributed by atoms with E-state index in [0.29, 0.717) is 19.0 Å². The van der Waals surface area contributed by atoms with Crippen LogP contribution in [0, 0.1) is 6.92 Å². The number of guanidine groups is 1. The van der Waals surface area contributed by atoms with E-state index in [1.807, 2.05) is 6.20 Å². The maximum atomic E-state index is 12.6. The number of rotatable bonds is 5. The van der Waals surface area contributed by atoms with Crippen LogP contribution in [0.4, 0.5) is 0 Å². The number of amides is 1. The summed E-state index contributed by atoms with van der Waals surface area (Å²) in [5.41, 5.74) is 0. The van der Waals surface area contributed by atoms with E-state index in [4.69, 9.17) is 4.99 Å². The number of piperazine rings is 1. The number of aryl methyl sites for hydroxylation is 1. The third-order valence-electron chi connectivity index (χ3n) is 5.36. The van der Waals surface area contributed by atoms with Crippen molar-refractivity contribution in [3.8, 4) is 0 Å². The first kappa shape index (κ1) is 24.3. The van der Waals surface area contributed by atoms with Gasteiger partial charge in [0.2, 0.25) is 5.91 Å². The molecule has 1 aromatic heterocycles. The molecule has 1 N–H and O–H groups in total. The Bertz CT molecular complexity index is 651. The lowest BCUT2D eigenvalue weighted by molar-refractivity contribution is -0.132. The van der Waals surface area contributed by atoms with Crippen LogP contribution in [0.15, 0.2) is 11.2 Å². The molecule has 2 saturated heterocycles. The molecule has 7 nitrogen and oxygen atoms in total. The highest BCUT2D eigenvalue weighted by atomic mass is 127. The average molecular weight is 535 g/mol. The molecular formula is C20H35IN6OS. The minimum absolute atomic E-state index is 0. The molecule has 3 rings (SSSR count). The summed E-state index contributed by atoms with van der Waals surface area (Å²) in [5, 5.41) is 4.45. The number of hydrogen-bond donors (Lipinski definition) is 1. The molecule has 1 amide bonds. The van der Waals surface area contributed by atoms with E-state index in [1.54, 1.807) is 11.3 Å². The molecule has 0 atom stereocenters. The number of carbonyl (C=O) groups is 1. The third kappa shape index (κ3) is 7.67. The van der Waals surface area contributed by atoms with Gasteiger partial charge in [0.25, 0.3) is 0 Å². The summed E-state index contributed by atoms with van der Waals surface area (Å²) >= 11 is 1.70. The van der Waals surface area contributed by atoms with Crippen LogP contribution >= 0.6 is 35.3 Å². The second-order valence-corrected chi connectivity index (χ2v) is 8.91. The average Bonchev–Trinajstić information content (AvgIpc) is 2.94. The van der Waals surface area contributed by atoms with E-state index in [2.05, 4.69) is 38.8 Å². The molecule has 2 aliphatic rings. The van der Waals surface area contributed by atoms with Crippen molar-refractivity contribution >= 4 is 47.2 Å². The molecule has 2 aliphatic heterocycles. The summed E-state index contributed by atoms with van der Waals surface area (Å²) in [5.74, 6) is 1.25. The highest BCUT2D eigenvalue weighted by Gasteiger charge is 2.23. The first-order valence-corrected chi connectivity index (χ1v) is 11.4. The van der Waals surface area contributed by atoms with Crippen LogP contribution in [0.3, 0.4) is 0 Å². The van der Waals surface area contributed by atoms with Crippen molar-refractivity contribution in [2.45, 2.75) is 46.1 Å². The van der Waals surface area contributed by atoms with Crippen molar-refractivity contribution in [2.24, 2.45) is 4.99 Å². The molecule has 1 aromatic rings. The number of aromatic nitrogens is 1. The van der Waals surface area contributed by atoms with Crippen LogP contribution in [0.25, 0.3) is 0 Å². The van der Waals surface area contributed by atoms with Gasteiger partial charge in [-0.15, -0.1) is 35.3 Å². The van der Waals surface area contributed by atoms with Gasteiger partial charge in [0.1, 0.15) is 5.01 Å². The van der Waals surface area contributed by atoms with Crippen molar-refractivity contribution in [3.05, 3.63) is 16.1 Å². The molecule has 0 saturated carbocycles. The number of hydrogen-bond acceptors (Lipinski definition) is 5. The lowest BCUT2D eigenvalue weighted by Gasteiger charge is -2.37. The maximum Gasteiger partial charge on any atom is 0.236 e. The van der Waals surface area contributed by atoms with Crippen LogP contribution in [0.5, 0.6) is 0 Å². The second-order valence-electron chi connectivity index (χ2n) is 7.59. The lowest BCUT2D eigenvalue weighted by atomic mass is 10.2. The van der Waals surface area contributed by atoms with E-state index < -0.39 is 0 Å². The molecule has 9 heteroatoms. The summed E-state index contributed by atoms with van der Waals surface area (Å²) in [6.07, 6.45) is 6.73. The Morgan fingerprint density at radius 1 is 1.10 bits per heavy atom. The van der Waals surface area contributed by atoms with Crippen molar-refractivity contribution in [3.63, 3.8) is 0 Å². The Hall–Kier alpha value is -0.940. The first-order chi connectivity index (χ1) is 13.7. The van der Waals surface area contributed by atoms with Crippen LogP contribution < -0.4 is 5.32 Å². The summed E-state index contributed by atoms with van der Waals surface area (Å²) in [6, 6.07) is 0. The first-order valence-electron chi connectivity index (χ1n) is 10.6. The SMILES string of the molecule is CCNC(=NCc1ncc(C)s1)N1CCN(CC(=O)N2CCCCCC2)CC1.I. The second kappa shape index (κ2) is 12.7. The fraction of sp³-hybridized carbons (Fsp3) is 0.750. The van der Waals surface area contributed by atoms with Crippen LogP contribution in [0.2, 0.25) is 0 Å². The van der Waals surface area contributed by atoms with Crippen molar-refractivity contribution in [2.75, 3.05) is 52.4 Å². The topological polar surface area (TPSA) is 64.1 Å². The quantitative estimate of drug-likeness (QED) is 0.358. The predicted octanol–water partition coefficient (Wildman–Crippen LogP) is 2.56. The van der Waals surface area contributed by atoms with Gasteiger partial charge in [-0.25, -0.2) is 9.98 Å². The number of aliphatic imine (C=N–C) groups is 1. The van der Waals surface area contributed by atoms with E-state index in [9.17, 15) is 4.79 Å². The number of nitrogens with one attached hydrogen (secondary N) is 1. The molecule has 29 heavy (non-hydrogen) atoms. The standard InChI is InChI=1S/C20H34N6OS.HI/c1-3-21-20(23-15-18-22-14-17(2)28-18)26-12-10-24(11-13-26)16-19(27)25-8-6-4-5-7-9-25;/h14H,3-13,15-16H2,1-2H3,(H,21,23);1H. The summed E-state index contributed by atoms with van der Waals surface area (Å²) < 4.78 is 0. The summed E-state index contributed by atoms with van der Waals surface area (Å²) in [4.78, 5) is 29.7. The van der Waals surface area contributed by atoms with Crippen molar-refractivity contribution in [1.82, 2.24) is 25.0 Å². The largest absolute Gasteiger partial charge is 0.357 e.